The molecule has 0 fully saturated rings. The number of halogens is 2. The summed E-state index contributed by atoms with van der Waals surface area (Å²) in [6.45, 7) is 2.38. The molecule has 5 N–H and O–H groups in total. The Balaban J connectivity index is 1.21. The molecule has 0 saturated carbocycles. The maximum absolute atomic E-state index is 7.05. The molecule has 3 aromatic heterocycles. The Bertz CT molecular complexity index is 1840. The van der Waals surface area contributed by atoms with Gasteiger partial charge in [-0.15, -0.1) is 0 Å². The molecule has 0 radical (unpaired) electrons. The molecule has 1 atom stereocenters. The number of benzene rings is 2. The predicted molar refractivity (Wildman–Crippen MR) is 178 cm³/mol. The zero-order chi connectivity index (χ0) is 31.9. The molecular weight excluding hydrogens is 627 g/mol. The number of ether oxygens (including phenoxy) is 2. The highest BCUT2D eigenvalue weighted by molar-refractivity contribution is 6.39. The lowest BCUT2D eigenvalue weighted by molar-refractivity contribution is 0.369. The van der Waals surface area contributed by atoms with Crippen molar-refractivity contribution >= 4 is 34.8 Å². The maximum atomic E-state index is 7.05. The molecule has 5 aromatic rings. The second-order valence-electron chi connectivity index (χ2n) is 10.4. The fourth-order valence-corrected chi connectivity index (χ4v) is 5.72. The van der Waals surface area contributed by atoms with E-state index in [4.69, 9.17) is 42.7 Å². The van der Waals surface area contributed by atoms with Gasteiger partial charge in [-0.2, -0.15) is 10.2 Å². The summed E-state index contributed by atoms with van der Waals surface area (Å²) in [5.41, 5.74) is 6.95. The summed E-state index contributed by atoms with van der Waals surface area (Å²) in [5, 5.41) is 24.7. The average molecular weight is 660 g/mol. The van der Waals surface area contributed by atoms with Gasteiger partial charge in [-0.1, -0.05) is 59.6 Å². The van der Waals surface area contributed by atoms with Crippen LogP contribution in [0.15, 0.2) is 78.6 Å². The smallest absolute Gasteiger partial charge is 0.237 e. The van der Waals surface area contributed by atoms with E-state index in [1.165, 1.54) is 0 Å². The summed E-state index contributed by atoms with van der Waals surface area (Å²) in [5.74, 6) is 0.962. The van der Waals surface area contributed by atoms with Gasteiger partial charge in [-0.25, -0.2) is 9.98 Å². The molecule has 4 heterocycles. The number of aliphatic imine (C=N–C) groups is 1. The molecule has 0 bridgehead atoms. The lowest BCUT2D eigenvalue weighted by Gasteiger charge is -2.24. The molecule has 1 unspecified atom stereocenters. The van der Waals surface area contributed by atoms with Crippen LogP contribution in [-0.2, 0) is 24.4 Å². The van der Waals surface area contributed by atoms with Crippen molar-refractivity contribution in [1.29, 1.82) is 0 Å². The van der Waals surface area contributed by atoms with Crippen molar-refractivity contribution in [1.82, 2.24) is 46.3 Å². The summed E-state index contributed by atoms with van der Waals surface area (Å²) in [6, 6.07) is 11.4. The zero-order valence-electron chi connectivity index (χ0n) is 25.1. The van der Waals surface area contributed by atoms with Gasteiger partial charge in [0.25, 0.3) is 0 Å². The van der Waals surface area contributed by atoms with E-state index in [-0.39, 0.29) is 6.04 Å². The monoisotopic (exact) mass is 658 g/mol. The fraction of sp³-hybridized carbons (Fsp3) is 0.219. The standard InChI is InChI=1S/C32H32Cl2N10O2/c1-45-31-27(15-35-9-19-11-39-40-12-19)37-17-25(43-31)23-7-3-5-21(29(23)33)22-6-4-8-24(30(22)34)26-18-38-28(32(44-26)46-2)16-36-10-20-13-41-42-14-20/h3-8,11-14,17-18,27,35-37H,9-10,15-16H2,1-2H3,(H,39,40)(H,41,42). The summed E-state index contributed by atoms with van der Waals surface area (Å²) >= 11 is 14.1. The van der Waals surface area contributed by atoms with E-state index in [2.05, 4.69) is 41.3 Å². The van der Waals surface area contributed by atoms with Crippen LogP contribution in [0.3, 0.4) is 0 Å². The van der Waals surface area contributed by atoms with Crippen molar-refractivity contribution in [2.75, 3.05) is 20.8 Å². The maximum Gasteiger partial charge on any atom is 0.237 e. The van der Waals surface area contributed by atoms with Gasteiger partial charge < -0.3 is 25.4 Å². The Hall–Kier alpha value is -4.75. The summed E-state index contributed by atoms with van der Waals surface area (Å²) in [6.07, 6.45) is 10.8. The van der Waals surface area contributed by atoms with Gasteiger partial charge in [0, 0.05) is 78.2 Å². The molecule has 1 aliphatic rings. The van der Waals surface area contributed by atoms with Crippen molar-refractivity contribution in [3.05, 3.63) is 106 Å². The molecule has 0 saturated heterocycles. The highest BCUT2D eigenvalue weighted by Crippen LogP contribution is 2.41. The van der Waals surface area contributed by atoms with Crippen LogP contribution in [0, 0.1) is 0 Å². The number of hydrogen-bond donors (Lipinski definition) is 5. The van der Waals surface area contributed by atoms with Gasteiger partial charge in [0.2, 0.25) is 11.8 Å². The van der Waals surface area contributed by atoms with Gasteiger partial charge >= 0.3 is 0 Å². The van der Waals surface area contributed by atoms with Crippen LogP contribution in [0.25, 0.3) is 28.1 Å². The Morgan fingerprint density at radius 1 is 0.783 bits per heavy atom. The average Bonchev–Trinajstić information content (AvgIpc) is 3.81. The molecule has 0 amide bonds. The van der Waals surface area contributed by atoms with Crippen LogP contribution < -0.4 is 20.7 Å². The third kappa shape index (κ3) is 6.90. The molecule has 6 rings (SSSR count). The number of nitrogens with one attached hydrogen (secondary N) is 5. The molecule has 1 aliphatic heterocycles. The van der Waals surface area contributed by atoms with Gasteiger partial charge in [-0.3, -0.25) is 15.2 Å². The molecular formula is C32H32Cl2N10O2. The Morgan fingerprint density at radius 2 is 1.43 bits per heavy atom. The first kappa shape index (κ1) is 31.2. The molecule has 236 valence electrons. The van der Waals surface area contributed by atoms with E-state index in [0.29, 0.717) is 70.7 Å². The third-order valence-electron chi connectivity index (χ3n) is 7.41. The number of aromatic amines is 2. The minimum atomic E-state index is -0.148. The third-order valence-corrected chi connectivity index (χ3v) is 8.23. The van der Waals surface area contributed by atoms with Crippen molar-refractivity contribution in [3.8, 4) is 28.3 Å². The van der Waals surface area contributed by atoms with E-state index < -0.39 is 0 Å². The van der Waals surface area contributed by atoms with Crippen LogP contribution >= 0.6 is 23.2 Å². The Morgan fingerprint density at radius 3 is 2.09 bits per heavy atom. The van der Waals surface area contributed by atoms with Crippen molar-refractivity contribution in [2.24, 2.45) is 4.99 Å². The van der Waals surface area contributed by atoms with Gasteiger partial charge in [0.05, 0.1) is 54.2 Å². The minimum absolute atomic E-state index is 0.148. The number of hydrogen-bond acceptors (Lipinski definition) is 10. The molecule has 14 heteroatoms. The lowest BCUT2D eigenvalue weighted by Crippen LogP contribution is -2.44. The number of rotatable bonds is 12. The first-order valence-electron chi connectivity index (χ1n) is 14.5. The molecule has 2 aromatic carbocycles. The largest absolute Gasteiger partial charge is 0.483 e. The van der Waals surface area contributed by atoms with Gasteiger partial charge in [-0.05, 0) is 0 Å². The van der Waals surface area contributed by atoms with Crippen LogP contribution in [-0.4, -0.2) is 63.1 Å². The van der Waals surface area contributed by atoms with E-state index in [1.54, 1.807) is 32.8 Å². The molecule has 12 nitrogen and oxygen atoms in total. The van der Waals surface area contributed by atoms with E-state index in [1.807, 2.05) is 55.0 Å². The first-order valence-corrected chi connectivity index (χ1v) is 15.2. The minimum Gasteiger partial charge on any atom is -0.483 e. The van der Waals surface area contributed by atoms with E-state index in [0.717, 1.165) is 27.8 Å². The van der Waals surface area contributed by atoms with Crippen LogP contribution in [0.2, 0.25) is 10.0 Å². The van der Waals surface area contributed by atoms with Crippen LogP contribution in [0.4, 0.5) is 0 Å². The van der Waals surface area contributed by atoms with Crippen LogP contribution in [0.5, 0.6) is 5.88 Å². The Kier molecular flexibility index (Phi) is 9.89. The topological polar surface area (TPSA) is 150 Å². The van der Waals surface area contributed by atoms with Crippen LogP contribution in [0.1, 0.15) is 22.4 Å². The summed E-state index contributed by atoms with van der Waals surface area (Å²) < 4.78 is 11.2. The second kappa shape index (κ2) is 14.6. The summed E-state index contributed by atoms with van der Waals surface area (Å²) in [7, 11) is 3.18. The molecule has 46 heavy (non-hydrogen) atoms. The van der Waals surface area contributed by atoms with Gasteiger partial charge in [0.1, 0.15) is 11.7 Å². The Labute approximate surface area is 275 Å². The number of methoxy groups -OCH3 is 2. The highest BCUT2D eigenvalue weighted by atomic mass is 35.5. The lowest BCUT2D eigenvalue weighted by atomic mass is 9.98. The van der Waals surface area contributed by atoms with Gasteiger partial charge in [0.15, 0.2) is 0 Å². The zero-order valence-corrected chi connectivity index (χ0v) is 26.7. The number of aromatic nitrogens is 6. The van der Waals surface area contributed by atoms with E-state index >= 15 is 0 Å². The quantitative estimate of drug-likeness (QED) is 0.125. The predicted octanol–water partition coefficient (Wildman–Crippen LogP) is 4.97. The first-order chi connectivity index (χ1) is 22.6. The number of nitrogens with zero attached hydrogens (tertiary/aromatic N) is 5. The SMILES string of the molecule is COC1=NC(c2cccc(-c3cccc(-c4cnc(CNCc5cn[nH]c5)c(OC)n4)c3Cl)c2Cl)=CNC1CNCc1cn[nH]c1. The molecule has 0 spiro atoms. The normalized spacial score (nSPS) is 14.4. The molecule has 0 aliphatic carbocycles. The van der Waals surface area contributed by atoms with Crippen molar-refractivity contribution in [3.63, 3.8) is 0 Å². The van der Waals surface area contributed by atoms with Crippen molar-refractivity contribution in [2.45, 2.75) is 25.7 Å². The fourth-order valence-electron chi connectivity index (χ4n) is 5.07. The second-order valence-corrected chi connectivity index (χ2v) is 11.2. The van der Waals surface area contributed by atoms with Crippen molar-refractivity contribution < 1.29 is 9.47 Å². The van der Waals surface area contributed by atoms with E-state index in [9.17, 15) is 0 Å². The highest BCUT2D eigenvalue weighted by Gasteiger charge is 2.23. The number of H-pyrrole nitrogens is 2. The summed E-state index contributed by atoms with van der Waals surface area (Å²) in [4.78, 5) is 14.1.